The van der Waals surface area contributed by atoms with Gasteiger partial charge in [-0.1, -0.05) is 43.5 Å². The molecular formula is C15H23ClN2. The topological polar surface area (TPSA) is 38.0 Å². The van der Waals surface area contributed by atoms with Crippen LogP contribution in [-0.4, -0.2) is 0 Å². The van der Waals surface area contributed by atoms with E-state index >= 15 is 0 Å². The summed E-state index contributed by atoms with van der Waals surface area (Å²) in [6.45, 7) is 4.39. The van der Waals surface area contributed by atoms with Gasteiger partial charge in [0, 0.05) is 5.02 Å². The number of nitrogens with one attached hydrogen (secondary N) is 1. The van der Waals surface area contributed by atoms with Crippen molar-refractivity contribution in [3.05, 3.63) is 34.3 Å². The van der Waals surface area contributed by atoms with Crippen molar-refractivity contribution < 1.29 is 0 Å². The van der Waals surface area contributed by atoms with Gasteiger partial charge in [-0.25, -0.2) is 0 Å². The van der Waals surface area contributed by atoms with Crippen LogP contribution in [0.4, 0.5) is 0 Å². The monoisotopic (exact) mass is 266 g/mol. The van der Waals surface area contributed by atoms with Crippen LogP contribution in [0.2, 0.25) is 5.02 Å². The van der Waals surface area contributed by atoms with Gasteiger partial charge >= 0.3 is 0 Å². The molecule has 0 bridgehead atoms. The number of hydrazine groups is 1. The second-order valence-corrected chi connectivity index (χ2v) is 6.11. The highest BCUT2D eigenvalue weighted by molar-refractivity contribution is 6.31. The average Bonchev–Trinajstić information content (AvgIpc) is 2.33. The fourth-order valence-corrected chi connectivity index (χ4v) is 3.50. The molecule has 0 amide bonds. The maximum Gasteiger partial charge on any atom is 0.0502 e. The predicted octanol–water partition coefficient (Wildman–Crippen LogP) is 3.98. The normalized spacial score (nSPS) is 26.0. The van der Waals surface area contributed by atoms with Crippen LogP contribution in [0.5, 0.6) is 0 Å². The van der Waals surface area contributed by atoms with Gasteiger partial charge in [0.05, 0.1) is 6.04 Å². The summed E-state index contributed by atoms with van der Waals surface area (Å²) in [7, 11) is 0. The van der Waals surface area contributed by atoms with E-state index in [0.29, 0.717) is 5.92 Å². The van der Waals surface area contributed by atoms with E-state index in [1.165, 1.54) is 31.2 Å². The zero-order valence-electron chi connectivity index (χ0n) is 11.2. The zero-order valence-corrected chi connectivity index (χ0v) is 12.0. The SMILES string of the molecule is Cc1ccc(C(NN)C2CCCC(C)C2)c(Cl)c1. The van der Waals surface area contributed by atoms with Gasteiger partial charge in [0.15, 0.2) is 0 Å². The molecular weight excluding hydrogens is 244 g/mol. The summed E-state index contributed by atoms with van der Waals surface area (Å²) < 4.78 is 0. The molecule has 1 aromatic rings. The van der Waals surface area contributed by atoms with Crippen molar-refractivity contribution in [1.82, 2.24) is 5.43 Å². The van der Waals surface area contributed by atoms with E-state index in [9.17, 15) is 0 Å². The van der Waals surface area contributed by atoms with E-state index < -0.39 is 0 Å². The van der Waals surface area contributed by atoms with Crippen molar-refractivity contribution in [2.45, 2.75) is 45.6 Å². The lowest BCUT2D eigenvalue weighted by atomic mass is 9.77. The molecule has 2 rings (SSSR count). The van der Waals surface area contributed by atoms with Gasteiger partial charge in [-0.15, -0.1) is 0 Å². The van der Waals surface area contributed by atoms with E-state index in [-0.39, 0.29) is 6.04 Å². The third-order valence-corrected chi connectivity index (χ3v) is 4.45. The minimum Gasteiger partial charge on any atom is -0.271 e. The van der Waals surface area contributed by atoms with E-state index in [2.05, 4.69) is 31.4 Å². The zero-order chi connectivity index (χ0) is 13.1. The summed E-state index contributed by atoms with van der Waals surface area (Å²) in [6.07, 6.45) is 5.12. The Morgan fingerprint density at radius 2 is 2.17 bits per heavy atom. The number of rotatable bonds is 3. The molecule has 0 aliphatic heterocycles. The lowest BCUT2D eigenvalue weighted by Gasteiger charge is -2.33. The van der Waals surface area contributed by atoms with Crippen LogP contribution < -0.4 is 11.3 Å². The number of halogens is 1. The fourth-order valence-electron chi connectivity index (χ4n) is 3.15. The van der Waals surface area contributed by atoms with Crippen LogP contribution in [0.1, 0.15) is 49.8 Å². The summed E-state index contributed by atoms with van der Waals surface area (Å²) >= 11 is 6.36. The standard InChI is InChI=1S/C15H23ClN2/c1-10-4-3-5-12(8-10)15(18-17)13-7-6-11(2)9-14(13)16/h6-7,9-10,12,15,18H,3-5,8,17H2,1-2H3. The summed E-state index contributed by atoms with van der Waals surface area (Å²) in [5.74, 6) is 7.17. The van der Waals surface area contributed by atoms with E-state index in [4.69, 9.17) is 17.4 Å². The minimum atomic E-state index is 0.181. The second-order valence-electron chi connectivity index (χ2n) is 5.70. The Labute approximate surface area is 115 Å². The summed E-state index contributed by atoms with van der Waals surface area (Å²) in [6, 6.07) is 6.42. The Kier molecular flexibility index (Phi) is 4.66. The fraction of sp³-hybridized carbons (Fsp3) is 0.600. The molecule has 1 saturated carbocycles. The van der Waals surface area contributed by atoms with Gasteiger partial charge in [0.2, 0.25) is 0 Å². The van der Waals surface area contributed by atoms with E-state index in [1.54, 1.807) is 0 Å². The van der Waals surface area contributed by atoms with Crippen LogP contribution in [0.15, 0.2) is 18.2 Å². The molecule has 0 radical (unpaired) electrons. The summed E-state index contributed by atoms with van der Waals surface area (Å²) in [4.78, 5) is 0. The van der Waals surface area contributed by atoms with Crippen LogP contribution in [0.3, 0.4) is 0 Å². The highest BCUT2D eigenvalue weighted by atomic mass is 35.5. The molecule has 0 aromatic heterocycles. The Morgan fingerprint density at radius 1 is 1.39 bits per heavy atom. The molecule has 3 unspecified atom stereocenters. The van der Waals surface area contributed by atoms with Crippen molar-refractivity contribution in [2.75, 3.05) is 0 Å². The quantitative estimate of drug-likeness (QED) is 0.642. The van der Waals surface area contributed by atoms with Crippen LogP contribution in [-0.2, 0) is 0 Å². The minimum absolute atomic E-state index is 0.181. The first-order valence-corrected chi connectivity index (χ1v) is 7.21. The summed E-state index contributed by atoms with van der Waals surface area (Å²) in [5.41, 5.74) is 5.32. The van der Waals surface area contributed by atoms with Gasteiger partial charge in [-0.3, -0.25) is 11.3 Å². The Morgan fingerprint density at radius 3 is 2.78 bits per heavy atom. The largest absolute Gasteiger partial charge is 0.271 e. The van der Waals surface area contributed by atoms with Crippen molar-refractivity contribution in [1.29, 1.82) is 0 Å². The Bertz CT molecular complexity index is 405. The lowest BCUT2D eigenvalue weighted by Crippen LogP contribution is -2.35. The number of aryl methyl sites for hydroxylation is 1. The first-order chi connectivity index (χ1) is 8.61. The molecule has 3 atom stereocenters. The van der Waals surface area contributed by atoms with Crippen molar-refractivity contribution in [3.63, 3.8) is 0 Å². The van der Waals surface area contributed by atoms with Crippen LogP contribution >= 0.6 is 11.6 Å². The summed E-state index contributed by atoms with van der Waals surface area (Å²) in [5, 5.41) is 0.830. The first kappa shape index (κ1) is 13.9. The maximum absolute atomic E-state index is 6.36. The number of nitrogens with two attached hydrogens (primary N) is 1. The van der Waals surface area contributed by atoms with Gasteiger partial charge in [-0.05, 0) is 48.8 Å². The first-order valence-electron chi connectivity index (χ1n) is 6.84. The number of benzene rings is 1. The molecule has 100 valence electrons. The predicted molar refractivity (Wildman–Crippen MR) is 77.4 cm³/mol. The van der Waals surface area contributed by atoms with Gasteiger partial charge in [0.25, 0.3) is 0 Å². The molecule has 3 N–H and O–H groups in total. The second kappa shape index (κ2) is 6.05. The smallest absolute Gasteiger partial charge is 0.0502 e. The van der Waals surface area contributed by atoms with Gasteiger partial charge in [0.1, 0.15) is 0 Å². The highest BCUT2D eigenvalue weighted by Gasteiger charge is 2.28. The molecule has 1 aliphatic carbocycles. The molecule has 1 fully saturated rings. The van der Waals surface area contributed by atoms with Crippen molar-refractivity contribution >= 4 is 11.6 Å². The molecule has 1 aliphatic rings. The molecule has 0 spiro atoms. The average molecular weight is 267 g/mol. The maximum atomic E-state index is 6.36. The lowest BCUT2D eigenvalue weighted by molar-refractivity contribution is 0.224. The molecule has 0 heterocycles. The molecule has 1 aromatic carbocycles. The number of hydrogen-bond acceptors (Lipinski definition) is 2. The Hall–Kier alpha value is -0.570. The van der Waals surface area contributed by atoms with Crippen molar-refractivity contribution in [3.8, 4) is 0 Å². The van der Waals surface area contributed by atoms with Crippen LogP contribution in [0.25, 0.3) is 0 Å². The Balaban J connectivity index is 2.21. The van der Waals surface area contributed by atoms with Gasteiger partial charge < -0.3 is 0 Å². The van der Waals surface area contributed by atoms with Crippen molar-refractivity contribution in [2.24, 2.45) is 17.7 Å². The molecule has 2 nitrogen and oxygen atoms in total. The molecule has 18 heavy (non-hydrogen) atoms. The molecule has 0 saturated heterocycles. The number of hydrogen-bond donors (Lipinski definition) is 2. The highest BCUT2D eigenvalue weighted by Crippen LogP contribution is 2.38. The van der Waals surface area contributed by atoms with E-state index in [0.717, 1.165) is 16.5 Å². The third kappa shape index (κ3) is 3.05. The third-order valence-electron chi connectivity index (χ3n) is 4.12. The molecule has 3 heteroatoms. The van der Waals surface area contributed by atoms with E-state index in [1.807, 2.05) is 6.07 Å². The van der Waals surface area contributed by atoms with Crippen LogP contribution in [0, 0.1) is 18.8 Å². The van der Waals surface area contributed by atoms with Gasteiger partial charge in [-0.2, -0.15) is 0 Å².